The lowest BCUT2D eigenvalue weighted by atomic mass is 9.63. The first-order valence-corrected chi connectivity index (χ1v) is 7.48. The van der Waals surface area contributed by atoms with Crippen LogP contribution in [0.2, 0.25) is 0 Å². The Morgan fingerprint density at radius 2 is 1.43 bits per heavy atom. The lowest BCUT2D eigenvalue weighted by Gasteiger charge is -2.37. The molecule has 3 nitrogen and oxygen atoms in total. The molecule has 1 aromatic carbocycles. The van der Waals surface area contributed by atoms with Crippen LogP contribution in [-0.4, -0.2) is 11.8 Å². The molecule has 4 aliphatic carbocycles. The van der Waals surface area contributed by atoms with Crippen molar-refractivity contribution in [3.05, 3.63) is 42.2 Å². The number of allylic oxidation sites excluding steroid dienone is 2. The summed E-state index contributed by atoms with van der Waals surface area (Å²) < 4.78 is 13.1. The van der Waals surface area contributed by atoms with Crippen LogP contribution in [0.1, 0.15) is 6.42 Å². The first-order valence-electron chi connectivity index (χ1n) is 7.48. The van der Waals surface area contributed by atoms with Gasteiger partial charge in [0.25, 0.3) is 0 Å². The molecule has 0 N–H and O–H groups in total. The zero-order chi connectivity index (χ0) is 14.3. The summed E-state index contributed by atoms with van der Waals surface area (Å²) in [5.74, 6) is 0.722. The van der Waals surface area contributed by atoms with Gasteiger partial charge in [-0.15, -0.1) is 0 Å². The molecule has 6 rings (SSSR count). The highest BCUT2D eigenvalue weighted by Gasteiger charge is 2.67. The smallest absolute Gasteiger partial charge is 0.238 e. The molecule has 1 saturated heterocycles. The van der Waals surface area contributed by atoms with Gasteiger partial charge >= 0.3 is 0 Å². The number of carbonyl (C=O) groups is 2. The van der Waals surface area contributed by atoms with E-state index in [1.54, 1.807) is 0 Å². The maximum absolute atomic E-state index is 13.1. The van der Waals surface area contributed by atoms with Crippen molar-refractivity contribution in [2.45, 2.75) is 6.42 Å². The lowest BCUT2D eigenvalue weighted by Crippen LogP contribution is -2.40. The van der Waals surface area contributed by atoms with Gasteiger partial charge < -0.3 is 0 Å². The van der Waals surface area contributed by atoms with Crippen molar-refractivity contribution in [1.82, 2.24) is 0 Å². The maximum Gasteiger partial charge on any atom is 0.238 e. The highest BCUT2D eigenvalue weighted by atomic mass is 19.1. The summed E-state index contributed by atoms with van der Waals surface area (Å²) in [6, 6.07) is 5.61. The molecule has 5 aliphatic rings. The van der Waals surface area contributed by atoms with Gasteiger partial charge in [0, 0.05) is 0 Å². The van der Waals surface area contributed by atoms with Gasteiger partial charge in [0.05, 0.1) is 17.5 Å². The fraction of sp³-hybridized carbons (Fsp3) is 0.412. The van der Waals surface area contributed by atoms with Gasteiger partial charge in [-0.05, 0) is 54.4 Å². The molecule has 3 fully saturated rings. The predicted octanol–water partition coefficient (Wildman–Crippen LogP) is 2.38. The Morgan fingerprint density at radius 3 is 1.95 bits per heavy atom. The highest BCUT2D eigenvalue weighted by molar-refractivity contribution is 6.22. The topological polar surface area (TPSA) is 37.4 Å². The second-order valence-corrected chi connectivity index (χ2v) is 6.64. The van der Waals surface area contributed by atoms with E-state index >= 15 is 0 Å². The molecule has 21 heavy (non-hydrogen) atoms. The molecular weight excluding hydrogens is 269 g/mol. The van der Waals surface area contributed by atoms with Gasteiger partial charge in [0.1, 0.15) is 5.82 Å². The molecule has 0 spiro atoms. The first-order chi connectivity index (χ1) is 10.2. The number of anilines is 1. The molecule has 2 amide bonds. The van der Waals surface area contributed by atoms with E-state index in [4.69, 9.17) is 0 Å². The van der Waals surface area contributed by atoms with E-state index in [0.717, 1.165) is 6.42 Å². The van der Waals surface area contributed by atoms with Crippen LogP contribution in [0.25, 0.3) is 0 Å². The Labute approximate surface area is 121 Å². The van der Waals surface area contributed by atoms with Gasteiger partial charge in [0.2, 0.25) is 11.8 Å². The summed E-state index contributed by atoms with van der Waals surface area (Å²) in [5.41, 5.74) is 0.494. The first kappa shape index (κ1) is 11.7. The third-order valence-electron chi connectivity index (χ3n) is 5.75. The van der Waals surface area contributed by atoms with Gasteiger partial charge in [-0.2, -0.15) is 0 Å². The number of halogens is 1. The Bertz CT molecular complexity index is 659. The summed E-state index contributed by atoms with van der Waals surface area (Å²) in [5, 5.41) is 0. The number of rotatable bonds is 1. The Kier molecular flexibility index (Phi) is 2.01. The average Bonchev–Trinajstić information content (AvgIpc) is 3.26. The number of imide groups is 1. The normalized spacial score (nSPS) is 42.2. The third kappa shape index (κ3) is 1.33. The second kappa shape index (κ2) is 3.62. The molecule has 1 heterocycles. The van der Waals surface area contributed by atoms with Crippen LogP contribution in [0.15, 0.2) is 36.4 Å². The molecular formula is C17H14FNO2. The molecule has 0 radical (unpaired) electrons. The van der Waals surface area contributed by atoms with Crippen LogP contribution in [0.5, 0.6) is 0 Å². The molecule has 106 valence electrons. The third-order valence-corrected chi connectivity index (χ3v) is 5.75. The SMILES string of the molecule is O=C1C2C3C=CC(C4CC34)C2C(=O)N1c1ccc(F)cc1. The number of nitrogens with zero attached hydrogens (tertiary/aromatic N) is 1. The highest BCUT2D eigenvalue weighted by Crippen LogP contribution is 2.65. The van der Waals surface area contributed by atoms with Gasteiger partial charge in [-0.3, -0.25) is 14.5 Å². The second-order valence-electron chi connectivity index (χ2n) is 6.64. The van der Waals surface area contributed by atoms with Crippen LogP contribution in [0.3, 0.4) is 0 Å². The minimum absolute atomic E-state index is 0.0960. The number of amides is 2. The van der Waals surface area contributed by atoms with Gasteiger partial charge in [-0.25, -0.2) is 4.39 Å². The summed E-state index contributed by atoms with van der Waals surface area (Å²) >= 11 is 0. The molecule has 2 bridgehead atoms. The largest absolute Gasteiger partial charge is 0.274 e. The standard InChI is InChI=1S/C17H14FNO2/c18-8-1-3-9(4-2-8)19-16(20)14-10-5-6-11(13-7-12(10)13)15(14)17(19)21/h1-6,10-15H,7H2. The number of benzene rings is 1. The zero-order valence-corrected chi connectivity index (χ0v) is 11.3. The van der Waals surface area contributed by atoms with Crippen LogP contribution in [0.4, 0.5) is 10.1 Å². The molecule has 0 aromatic heterocycles. The van der Waals surface area contributed by atoms with Crippen LogP contribution in [0, 0.1) is 41.3 Å². The van der Waals surface area contributed by atoms with Crippen LogP contribution >= 0.6 is 0 Å². The number of carbonyl (C=O) groups excluding carboxylic acids is 2. The van der Waals surface area contributed by atoms with E-state index in [0.29, 0.717) is 17.5 Å². The minimum atomic E-state index is -0.363. The van der Waals surface area contributed by atoms with Crippen molar-refractivity contribution in [3.63, 3.8) is 0 Å². The lowest BCUT2D eigenvalue weighted by molar-refractivity contribution is -0.124. The zero-order valence-electron chi connectivity index (χ0n) is 11.3. The molecule has 6 atom stereocenters. The molecule has 1 aliphatic heterocycles. The molecule has 6 unspecified atom stereocenters. The van der Waals surface area contributed by atoms with Crippen molar-refractivity contribution in [2.75, 3.05) is 4.90 Å². The summed E-state index contributed by atoms with van der Waals surface area (Å²) in [6.07, 6.45) is 5.46. The van der Waals surface area contributed by atoms with Gasteiger partial charge in [-0.1, -0.05) is 12.2 Å². The van der Waals surface area contributed by atoms with Crippen molar-refractivity contribution < 1.29 is 14.0 Å². The monoisotopic (exact) mass is 283 g/mol. The van der Waals surface area contributed by atoms with E-state index < -0.39 is 0 Å². The summed E-state index contributed by atoms with van der Waals surface area (Å²) in [4.78, 5) is 26.8. The number of hydrogen-bond donors (Lipinski definition) is 0. The molecule has 1 aromatic rings. The van der Waals surface area contributed by atoms with E-state index in [-0.39, 0.29) is 41.3 Å². The quantitative estimate of drug-likeness (QED) is 0.586. The fourth-order valence-corrected chi connectivity index (χ4v) is 4.80. The Morgan fingerprint density at radius 1 is 0.905 bits per heavy atom. The minimum Gasteiger partial charge on any atom is -0.274 e. The predicted molar refractivity (Wildman–Crippen MR) is 73.6 cm³/mol. The summed E-state index contributed by atoms with van der Waals surface area (Å²) in [7, 11) is 0. The van der Waals surface area contributed by atoms with Crippen molar-refractivity contribution in [1.29, 1.82) is 0 Å². The van der Waals surface area contributed by atoms with Crippen LogP contribution < -0.4 is 4.90 Å². The Balaban J connectivity index is 1.58. The van der Waals surface area contributed by atoms with E-state index in [1.807, 2.05) is 0 Å². The van der Waals surface area contributed by atoms with Crippen molar-refractivity contribution >= 4 is 17.5 Å². The van der Waals surface area contributed by atoms with Crippen LogP contribution in [-0.2, 0) is 9.59 Å². The Hall–Kier alpha value is -1.97. The van der Waals surface area contributed by atoms with Crippen molar-refractivity contribution in [3.8, 4) is 0 Å². The summed E-state index contributed by atoms with van der Waals surface area (Å²) in [6.45, 7) is 0. The van der Waals surface area contributed by atoms with E-state index in [2.05, 4.69) is 12.2 Å². The van der Waals surface area contributed by atoms with Gasteiger partial charge in [0.15, 0.2) is 0 Å². The molecule has 2 saturated carbocycles. The van der Waals surface area contributed by atoms with Crippen molar-refractivity contribution in [2.24, 2.45) is 35.5 Å². The fourth-order valence-electron chi connectivity index (χ4n) is 4.80. The number of hydrogen-bond acceptors (Lipinski definition) is 2. The van der Waals surface area contributed by atoms with E-state index in [9.17, 15) is 14.0 Å². The maximum atomic E-state index is 13.1. The van der Waals surface area contributed by atoms with E-state index in [1.165, 1.54) is 29.2 Å². The average molecular weight is 283 g/mol. The molecule has 4 heteroatoms.